The molecular weight excluding hydrogens is 442 g/mol. The van der Waals surface area contributed by atoms with Crippen LogP contribution in [0.1, 0.15) is 28.7 Å². The zero-order valence-corrected chi connectivity index (χ0v) is 21.1. The van der Waals surface area contributed by atoms with E-state index >= 15 is 0 Å². The van der Waals surface area contributed by atoms with E-state index in [1.165, 1.54) is 21.4 Å². The Balaban J connectivity index is 1.57. The Morgan fingerprint density at radius 1 is 0.750 bits per heavy atom. The number of pyridine rings is 1. The van der Waals surface area contributed by atoms with Crippen molar-refractivity contribution in [3.05, 3.63) is 130 Å². The third-order valence-electron chi connectivity index (χ3n) is 7.00. The van der Waals surface area contributed by atoms with Gasteiger partial charge in [-0.15, -0.1) is 0 Å². The highest BCUT2D eigenvalue weighted by Gasteiger charge is 2.17. The topological polar surface area (TPSA) is 43.0 Å². The highest BCUT2D eigenvalue weighted by molar-refractivity contribution is 5.95. The minimum absolute atomic E-state index is 0.320. The normalized spacial score (nSPS) is 12.3. The first-order chi connectivity index (χ1) is 17.6. The van der Waals surface area contributed by atoms with Gasteiger partial charge < -0.3 is 15.1 Å². The first-order valence-corrected chi connectivity index (χ1v) is 12.7. The molecule has 0 fully saturated rings. The molecule has 36 heavy (non-hydrogen) atoms. The lowest BCUT2D eigenvalue weighted by Gasteiger charge is -2.19. The number of nitrogens with one attached hydrogen (secondary N) is 1. The van der Waals surface area contributed by atoms with Gasteiger partial charge in [-0.1, -0.05) is 78.9 Å². The molecule has 4 aromatic carbocycles. The Hall–Kier alpha value is -3.89. The standard InChI is InChI=1S/C32H33N3O/c1-24-18-19-29-31(25(24)2)34(21-11-20-33-22-26-12-5-3-6-13-26)30-17-10-9-16-28(30)32(29)35(36)23-27-14-7-4-8-15-27/h3-10,12-19,33H,11,20-23H2,1-2H3/b35-32+. The Labute approximate surface area is 212 Å². The van der Waals surface area contributed by atoms with Crippen molar-refractivity contribution in [3.8, 4) is 0 Å². The van der Waals surface area contributed by atoms with Gasteiger partial charge >= 0.3 is 0 Å². The average molecular weight is 476 g/mol. The van der Waals surface area contributed by atoms with Crippen LogP contribution in [-0.2, 0) is 19.6 Å². The van der Waals surface area contributed by atoms with E-state index in [-0.39, 0.29) is 0 Å². The van der Waals surface area contributed by atoms with Gasteiger partial charge in [-0.25, -0.2) is 0 Å². The summed E-state index contributed by atoms with van der Waals surface area (Å²) in [5.41, 5.74) is 7.03. The number of hydrogen-bond acceptors (Lipinski definition) is 2. The molecule has 0 saturated heterocycles. The summed E-state index contributed by atoms with van der Waals surface area (Å²) in [5.74, 6) is 0. The first-order valence-electron chi connectivity index (χ1n) is 12.7. The molecule has 182 valence electrons. The zero-order chi connectivity index (χ0) is 24.9. The number of aryl methyl sites for hydroxylation is 3. The van der Waals surface area contributed by atoms with Gasteiger partial charge in [-0.3, -0.25) is 0 Å². The summed E-state index contributed by atoms with van der Waals surface area (Å²) < 4.78 is 3.58. The Kier molecular flexibility index (Phi) is 7.15. The fraction of sp³-hybridized carbons (Fsp3) is 0.219. The number of rotatable bonds is 8. The summed E-state index contributed by atoms with van der Waals surface area (Å²) in [4.78, 5) is 0. The fourth-order valence-corrected chi connectivity index (χ4v) is 5.03. The summed E-state index contributed by atoms with van der Waals surface area (Å²) in [5, 5.41) is 20.0. The van der Waals surface area contributed by atoms with Crippen molar-refractivity contribution in [2.24, 2.45) is 0 Å². The average Bonchev–Trinajstić information content (AvgIpc) is 2.91. The minimum atomic E-state index is 0.320. The molecule has 5 aromatic rings. The van der Waals surface area contributed by atoms with E-state index in [1.807, 2.05) is 42.5 Å². The van der Waals surface area contributed by atoms with E-state index in [1.54, 1.807) is 0 Å². The van der Waals surface area contributed by atoms with Crippen molar-refractivity contribution in [1.29, 1.82) is 0 Å². The Bertz CT molecular complexity index is 1550. The molecule has 0 aliphatic carbocycles. The van der Waals surface area contributed by atoms with E-state index in [0.29, 0.717) is 6.54 Å². The second kappa shape index (κ2) is 10.8. The molecule has 0 aliphatic rings. The van der Waals surface area contributed by atoms with E-state index in [9.17, 15) is 5.21 Å². The van der Waals surface area contributed by atoms with Crippen LogP contribution < -0.4 is 15.4 Å². The number of benzene rings is 4. The third kappa shape index (κ3) is 4.91. The van der Waals surface area contributed by atoms with Crippen LogP contribution in [0.2, 0.25) is 0 Å². The Morgan fingerprint density at radius 3 is 2.17 bits per heavy atom. The number of fused-ring (bicyclic) bond motifs is 2. The largest absolute Gasteiger partial charge is 0.623 e. The monoisotopic (exact) mass is 475 g/mol. The van der Waals surface area contributed by atoms with Crippen molar-refractivity contribution < 1.29 is 0 Å². The SMILES string of the molecule is Cc1ccc2/c(=[N+](/[O-])Cc3ccccc3)c3ccccc3n(CCCNCc3ccccc3)c2c1C. The van der Waals surface area contributed by atoms with Crippen LogP contribution in [0, 0.1) is 19.1 Å². The zero-order valence-electron chi connectivity index (χ0n) is 21.1. The van der Waals surface area contributed by atoms with Crippen LogP contribution in [0.4, 0.5) is 0 Å². The van der Waals surface area contributed by atoms with Crippen molar-refractivity contribution in [1.82, 2.24) is 14.6 Å². The second-order valence-corrected chi connectivity index (χ2v) is 9.46. The second-order valence-electron chi connectivity index (χ2n) is 9.46. The molecule has 0 spiro atoms. The van der Waals surface area contributed by atoms with E-state index in [2.05, 4.69) is 78.3 Å². The van der Waals surface area contributed by atoms with Crippen LogP contribution >= 0.6 is 0 Å². The van der Waals surface area contributed by atoms with Gasteiger partial charge in [0.1, 0.15) is 0 Å². The van der Waals surface area contributed by atoms with Crippen LogP contribution in [-0.4, -0.2) is 11.1 Å². The van der Waals surface area contributed by atoms with Gasteiger partial charge in [0.25, 0.3) is 0 Å². The molecule has 1 aromatic heterocycles. The molecule has 1 heterocycles. The van der Waals surface area contributed by atoms with Gasteiger partial charge in [-0.2, -0.15) is 4.74 Å². The quantitative estimate of drug-likeness (QED) is 0.128. The van der Waals surface area contributed by atoms with Crippen LogP contribution in [0.15, 0.2) is 97.1 Å². The molecule has 0 atom stereocenters. The van der Waals surface area contributed by atoms with Gasteiger partial charge in [0, 0.05) is 18.7 Å². The maximum atomic E-state index is 13.7. The van der Waals surface area contributed by atoms with Gasteiger partial charge in [0.05, 0.1) is 21.8 Å². The molecule has 5 rings (SSSR count). The summed E-state index contributed by atoms with van der Waals surface area (Å²) >= 11 is 0. The Morgan fingerprint density at radius 2 is 1.42 bits per heavy atom. The van der Waals surface area contributed by atoms with Gasteiger partial charge in [0.15, 0.2) is 6.54 Å². The highest BCUT2D eigenvalue weighted by atomic mass is 16.5. The molecule has 4 nitrogen and oxygen atoms in total. The molecular formula is C32H33N3O. The molecule has 0 amide bonds. The van der Waals surface area contributed by atoms with Crippen molar-refractivity contribution >= 4 is 21.8 Å². The molecule has 0 saturated carbocycles. The maximum Gasteiger partial charge on any atom is 0.230 e. The van der Waals surface area contributed by atoms with E-state index in [4.69, 9.17) is 0 Å². The van der Waals surface area contributed by atoms with Crippen LogP contribution in [0.3, 0.4) is 0 Å². The first kappa shape index (κ1) is 23.8. The smallest absolute Gasteiger partial charge is 0.230 e. The summed E-state index contributed by atoms with van der Waals surface area (Å²) in [6, 6.07) is 33.1. The van der Waals surface area contributed by atoms with E-state index < -0.39 is 0 Å². The molecule has 4 heteroatoms. The lowest BCUT2D eigenvalue weighted by molar-refractivity contribution is 0.596. The predicted molar refractivity (Wildman–Crippen MR) is 150 cm³/mol. The van der Waals surface area contributed by atoms with Crippen molar-refractivity contribution in [3.63, 3.8) is 0 Å². The maximum absolute atomic E-state index is 13.7. The predicted octanol–water partition coefficient (Wildman–Crippen LogP) is 6.06. The van der Waals surface area contributed by atoms with Crippen molar-refractivity contribution in [2.45, 2.75) is 39.9 Å². The lowest BCUT2D eigenvalue weighted by Crippen LogP contribution is -2.28. The highest BCUT2D eigenvalue weighted by Crippen LogP contribution is 2.25. The number of nitrogens with zero attached hydrogens (tertiary/aromatic N) is 2. The third-order valence-corrected chi connectivity index (χ3v) is 7.00. The summed E-state index contributed by atoms with van der Waals surface area (Å²) in [6.07, 6.45) is 0.994. The molecule has 0 radical (unpaired) electrons. The number of hydrogen-bond donors (Lipinski definition) is 1. The van der Waals surface area contributed by atoms with E-state index in [0.717, 1.165) is 58.8 Å². The minimum Gasteiger partial charge on any atom is -0.623 e. The lowest BCUT2D eigenvalue weighted by atomic mass is 10.0. The summed E-state index contributed by atoms with van der Waals surface area (Å²) in [6.45, 7) is 7.31. The molecule has 1 N–H and O–H groups in total. The van der Waals surface area contributed by atoms with Gasteiger partial charge in [-0.05, 0) is 61.7 Å². The number of para-hydroxylation sites is 1. The molecule has 0 aliphatic heterocycles. The van der Waals surface area contributed by atoms with Crippen LogP contribution in [0.5, 0.6) is 0 Å². The fourth-order valence-electron chi connectivity index (χ4n) is 5.03. The number of aromatic nitrogens is 1. The van der Waals surface area contributed by atoms with Crippen molar-refractivity contribution in [2.75, 3.05) is 6.54 Å². The molecule has 0 unspecified atom stereocenters. The van der Waals surface area contributed by atoms with Crippen LogP contribution in [0.25, 0.3) is 21.8 Å². The number of hydroxylamine groups is 1. The van der Waals surface area contributed by atoms with Gasteiger partial charge in [0.2, 0.25) is 5.36 Å². The molecule has 0 bridgehead atoms. The summed E-state index contributed by atoms with van der Waals surface area (Å²) in [7, 11) is 0.